The summed E-state index contributed by atoms with van der Waals surface area (Å²) in [7, 11) is 3.61. The van der Waals surface area contributed by atoms with Crippen molar-refractivity contribution in [2.75, 3.05) is 25.5 Å². The first-order valence-corrected chi connectivity index (χ1v) is 10.2. The van der Waals surface area contributed by atoms with Crippen LogP contribution in [0.4, 0.5) is 5.82 Å². The van der Waals surface area contributed by atoms with E-state index in [9.17, 15) is 4.79 Å². The normalized spacial score (nSPS) is 10.8. The second-order valence-corrected chi connectivity index (χ2v) is 7.48. The first-order chi connectivity index (χ1) is 14.2. The molecule has 0 aliphatic heterocycles. The van der Waals surface area contributed by atoms with Gasteiger partial charge < -0.3 is 10.2 Å². The monoisotopic (exact) mass is 403 g/mol. The van der Waals surface area contributed by atoms with Gasteiger partial charge in [-0.05, 0) is 17.7 Å². The first-order valence-electron chi connectivity index (χ1n) is 9.35. The van der Waals surface area contributed by atoms with E-state index in [0.29, 0.717) is 18.8 Å². The van der Waals surface area contributed by atoms with Gasteiger partial charge in [0.25, 0.3) is 0 Å². The summed E-state index contributed by atoms with van der Waals surface area (Å²) in [5.41, 5.74) is 2.94. The smallest absolute Gasteiger partial charge is 0.221 e. The van der Waals surface area contributed by atoms with Crippen LogP contribution in [0.25, 0.3) is 32.9 Å². The fourth-order valence-electron chi connectivity index (χ4n) is 3.14. The molecule has 0 aliphatic rings. The molecule has 0 atom stereocenters. The standard InChI is InChI=1S/C22H21N5OS/c1-23-18(28)11-13-27(2)21-19-16(15-8-4-3-5-9-15)14-29-22(19)26-20(25-21)17-10-6-7-12-24-17/h3-10,12,14H,11,13H2,1-2H3,(H,23,28). The summed E-state index contributed by atoms with van der Waals surface area (Å²) in [5.74, 6) is 1.39. The molecule has 1 aromatic carbocycles. The topological polar surface area (TPSA) is 71.0 Å². The van der Waals surface area contributed by atoms with Crippen molar-refractivity contribution in [3.8, 4) is 22.6 Å². The zero-order chi connectivity index (χ0) is 20.2. The van der Waals surface area contributed by atoms with Crippen LogP contribution in [0.3, 0.4) is 0 Å². The molecule has 4 aromatic rings. The lowest BCUT2D eigenvalue weighted by Gasteiger charge is -2.20. The Hall–Kier alpha value is -3.32. The predicted molar refractivity (Wildman–Crippen MR) is 118 cm³/mol. The minimum absolute atomic E-state index is 0.000649. The number of nitrogens with one attached hydrogen (secondary N) is 1. The van der Waals surface area contributed by atoms with Crippen molar-refractivity contribution >= 4 is 33.3 Å². The lowest BCUT2D eigenvalue weighted by molar-refractivity contribution is -0.120. The largest absolute Gasteiger partial charge is 0.359 e. The fraction of sp³-hybridized carbons (Fsp3) is 0.182. The van der Waals surface area contributed by atoms with E-state index in [4.69, 9.17) is 9.97 Å². The van der Waals surface area contributed by atoms with Gasteiger partial charge in [-0.1, -0.05) is 36.4 Å². The molecule has 0 saturated carbocycles. The molecule has 0 aliphatic carbocycles. The number of aromatic nitrogens is 3. The highest BCUT2D eigenvalue weighted by Gasteiger charge is 2.19. The number of fused-ring (bicyclic) bond motifs is 1. The number of benzene rings is 1. The maximum absolute atomic E-state index is 11.8. The van der Waals surface area contributed by atoms with Crippen LogP contribution in [0, 0.1) is 0 Å². The zero-order valence-electron chi connectivity index (χ0n) is 16.3. The molecule has 7 heteroatoms. The summed E-state index contributed by atoms with van der Waals surface area (Å²) >= 11 is 1.59. The second kappa shape index (κ2) is 8.36. The van der Waals surface area contributed by atoms with Gasteiger partial charge in [0, 0.05) is 44.2 Å². The van der Waals surface area contributed by atoms with Crippen LogP contribution in [0.15, 0.2) is 60.1 Å². The number of amides is 1. The van der Waals surface area contributed by atoms with Gasteiger partial charge in [-0.15, -0.1) is 11.3 Å². The van der Waals surface area contributed by atoms with Crippen molar-refractivity contribution in [3.63, 3.8) is 0 Å². The van der Waals surface area contributed by atoms with Crippen molar-refractivity contribution in [2.24, 2.45) is 0 Å². The maximum Gasteiger partial charge on any atom is 0.221 e. The summed E-state index contributed by atoms with van der Waals surface area (Å²) in [6.45, 7) is 0.553. The van der Waals surface area contributed by atoms with Gasteiger partial charge in [0.05, 0.1) is 5.39 Å². The minimum atomic E-state index is 0.000649. The second-order valence-electron chi connectivity index (χ2n) is 6.63. The third-order valence-corrected chi connectivity index (χ3v) is 5.58. The summed E-state index contributed by atoms with van der Waals surface area (Å²) in [5, 5.41) is 5.79. The number of thiophene rings is 1. The molecule has 3 aromatic heterocycles. The molecule has 29 heavy (non-hydrogen) atoms. The van der Waals surface area contributed by atoms with Gasteiger partial charge in [-0.2, -0.15) is 0 Å². The molecule has 3 heterocycles. The SMILES string of the molecule is CNC(=O)CCN(C)c1nc(-c2ccccn2)nc2scc(-c3ccccc3)c12. The molecule has 6 nitrogen and oxygen atoms in total. The van der Waals surface area contributed by atoms with E-state index in [1.807, 2.05) is 48.3 Å². The van der Waals surface area contributed by atoms with Gasteiger partial charge in [0.15, 0.2) is 5.82 Å². The third kappa shape index (κ3) is 3.95. The van der Waals surface area contributed by atoms with Gasteiger partial charge >= 0.3 is 0 Å². The first kappa shape index (κ1) is 19.0. The molecule has 146 valence electrons. The number of pyridine rings is 1. The summed E-state index contributed by atoms with van der Waals surface area (Å²) in [4.78, 5) is 28.7. The lowest BCUT2D eigenvalue weighted by atomic mass is 10.1. The van der Waals surface area contributed by atoms with Crippen LogP contribution >= 0.6 is 11.3 Å². The van der Waals surface area contributed by atoms with Gasteiger partial charge in [0.1, 0.15) is 16.3 Å². The number of carbonyl (C=O) groups excluding carboxylic acids is 1. The van der Waals surface area contributed by atoms with Crippen LogP contribution in [0.5, 0.6) is 0 Å². The molecule has 0 spiro atoms. The van der Waals surface area contributed by atoms with Crippen molar-refractivity contribution in [1.29, 1.82) is 0 Å². The Kier molecular flexibility index (Phi) is 5.48. The molecule has 0 saturated heterocycles. The summed E-state index contributed by atoms with van der Waals surface area (Å²) in [6, 6.07) is 15.9. The van der Waals surface area contributed by atoms with Gasteiger partial charge in [-0.25, -0.2) is 9.97 Å². The Balaban J connectivity index is 1.86. The highest BCUT2D eigenvalue weighted by molar-refractivity contribution is 7.17. The van der Waals surface area contributed by atoms with Gasteiger partial charge in [0.2, 0.25) is 5.91 Å². The fourth-order valence-corrected chi connectivity index (χ4v) is 4.08. The van der Waals surface area contributed by atoms with Crippen LogP contribution in [-0.2, 0) is 4.79 Å². The van der Waals surface area contributed by atoms with Crippen molar-refractivity contribution < 1.29 is 4.79 Å². The number of carbonyl (C=O) groups is 1. The molecular formula is C22H21N5OS. The quantitative estimate of drug-likeness (QED) is 0.527. The number of hydrogen-bond acceptors (Lipinski definition) is 6. The molecule has 0 unspecified atom stereocenters. The molecular weight excluding hydrogens is 382 g/mol. The van der Waals surface area contributed by atoms with Crippen molar-refractivity contribution in [2.45, 2.75) is 6.42 Å². The number of nitrogens with zero attached hydrogens (tertiary/aromatic N) is 4. The number of anilines is 1. The number of rotatable bonds is 6. The Morgan fingerprint density at radius 3 is 2.62 bits per heavy atom. The Morgan fingerprint density at radius 2 is 1.90 bits per heavy atom. The molecule has 1 amide bonds. The maximum atomic E-state index is 11.8. The van der Waals surface area contributed by atoms with E-state index < -0.39 is 0 Å². The molecule has 0 fully saturated rings. The molecule has 0 radical (unpaired) electrons. The van der Waals surface area contributed by atoms with Crippen LogP contribution in [0.1, 0.15) is 6.42 Å². The number of hydrogen-bond donors (Lipinski definition) is 1. The van der Waals surface area contributed by atoms with Crippen LogP contribution in [-0.4, -0.2) is 41.5 Å². The van der Waals surface area contributed by atoms with E-state index in [1.165, 1.54) is 0 Å². The van der Waals surface area contributed by atoms with E-state index in [0.717, 1.165) is 32.9 Å². The highest BCUT2D eigenvalue weighted by Crippen LogP contribution is 2.39. The summed E-state index contributed by atoms with van der Waals surface area (Å²) in [6.07, 6.45) is 2.13. The zero-order valence-corrected chi connectivity index (χ0v) is 17.1. The minimum Gasteiger partial charge on any atom is -0.359 e. The molecule has 0 bridgehead atoms. The third-order valence-electron chi connectivity index (χ3n) is 4.71. The van der Waals surface area contributed by atoms with E-state index in [1.54, 1.807) is 24.6 Å². The Bertz CT molecular complexity index is 1130. The molecule has 1 N–H and O–H groups in total. The molecule has 4 rings (SSSR count). The van der Waals surface area contributed by atoms with E-state index >= 15 is 0 Å². The van der Waals surface area contributed by atoms with Gasteiger partial charge in [-0.3, -0.25) is 9.78 Å². The van der Waals surface area contributed by atoms with Crippen molar-refractivity contribution in [1.82, 2.24) is 20.3 Å². The predicted octanol–water partition coefficient (Wildman–Crippen LogP) is 3.99. The Morgan fingerprint density at radius 1 is 1.10 bits per heavy atom. The lowest BCUT2D eigenvalue weighted by Crippen LogP contribution is -2.27. The highest BCUT2D eigenvalue weighted by atomic mass is 32.1. The summed E-state index contributed by atoms with van der Waals surface area (Å²) < 4.78 is 0. The van der Waals surface area contributed by atoms with Crippen molar-refractivity contribution in [3.05, 3.63) is 60.1 Å². The van der Waals surface area contributed by atoms with Crippen LogP contribution < -0.4 is 10.2 Å². The average Bonchev–Trinajstić information content (AvgIpc) is 3.22. The Labute approximate surface area is 173 Å². The van der Waals surface area contributed by atoms with E-state index in [2.05, 4.69) is 27.8 Å². The van der Waals surface area contributed by atoms with E-state index in [-0.39, 0.29) is 5.91 Å². The van der Waals surface area contributed by atoms with Crippen LogP contribution in [0.2, 0.25) is 0 Å². The average molecular weight is 404 g/mol.